The van der Waals surface area contributed by atoms with Gasteiger partial charge in [-0.1, -0.05) is 194 Å². The van der Waals surface area contributed by atoms with E-state index in [-0.39, 0.29) is 22.4 Å². The van der Waals surface area contributed by atoms with Crippen molar-refractivity contribution < 1.29 is 27.9 Å². The summed E-state index contributed by atoms with van der Waals surface area (Å²) in [5.74, 6) is 0. The van der Waals surface area contributed by atoms with Crippen LogP contribution in [-0.2, 0) is 27.9 Å². The molecule has 94 heavy (non-hydrogen) atoms. The standard InChI is InChI=1S/C37H31BN2O2.C31H19ClN2.C12H24B2O4/c1-36(2)37(3,4)42-38(41-36)25-19-22-32-31(23-25)30-21-20-29-27-17-11-12-18-28(27)33(24-13-7-5-8-14-24)39-34(29)35(30)40(32)26-15-9-6-10-16-26;32-21-15-18-28-27(19-21)26-17-16-25-23-13-7-8-14-24(23)29(20-9-3-1-4-10-20)33-30(25)31(26)34(28)22-11-5-2-6-12-22;1-9(2)10(3,4)16-13(15-9)14-17-11(5,6)12(7,8)18-14/h5-23H,1-4H3;1-19H;1-8H3. The second-order valence-electron chi connectivity index (χ2n) is 28.1. The molecule has 14 heteroatoms. The molecule has 10 nitrogen and oxygen atoms in total. The summed E-state index contributed by atoms with van der Waals surface area (Å²) in [6.45, 7) is 24.6. The van der Waals surface area contributed by atoms with E-state index in [1.165, 1.54) is 10.8 Å². The van der Waals surface area contributed by atoms with Gasteiger partial charge in [-0.3, -0.25) is 0 Å². The van der Waals surface area contributed by atoms with Crippen LogP contribution in [0.1, 0.15) is 83.1 Å². The van der Waals surface area contributed by atoms with Crippen LogP contribution in [-0.4, -0.2) is 73.8 Å². The Morgan fingerprint density at radius 2 is 0.638 bits per heavy atom. The van der Waals surface area contributed by atoms with Crippen LogP contribution in [0.2, 0.25) is 5.02 Å². The first-order valence-electron chi connectivity index (χ1n) is 32.5. The SMILES string of the molecule is CC1(C)OB(B2OC(C)(C)C(C)(C)O2)OC1(C)C.CC1(C)OB(c2ccc3c(c2)c2ccc4c5ccccc5c(-c5ccccc5)nc4c2n3-c2ccccc2)OC1(C)C.Clc1ccc2c(c1)c1ccc3c4ccccc4c(-c4ccccc4)nc3c1n2-c1ccccc1. The summed E-state index contributed by atoms with van der Waals surface area (Å²) in [6, 6.07) is 80.8. The van der Waals surface area contributed by atoms with E-state index in [4.69, 9.17) is 49.5 Å². The summed E-state index contributed by atoms with van der Waals surface area (Å²) in [7, 11) is -1.38. The number of halogens is 1. The van der Waals surface area contributed by atoms with Crippen LogP contribution in [0.25, 0.3) is 121 Å². The van der Waals surface area contributed by atoms with Gasteiger partial charge in [-0.25, -0.2) is 9.97 Å². The van der Waals surface area contributed by atoms with Crippen LogP contribution in [0.15, 0.2) is 231 Å². The number of hydrogen-bond donors (Lipinski definition) is 0. The fourth-order valence-electron chi connectivity index (χ4n) is 13.5. The Balaban J connectivity index is 0.000000125. The summed E-state index contributed by atoms with van der Waals surface area (Å²) < 4.78 is 41.4. The molecule has 3 aliphatic heterocycles. The molecule has 0 radical (unpaired) electrons. The Kier molecular flexibility index (Phi) is 14.9. The summed E-state index contributed by atoms with van der Waals surface area (Å²) in [5.41, 5.74) is 11.6. The zero-order valence-electron chi connectivity index (χ0n) is 55.3. The second kappa shape index (κ2) is 22.8. The van der Waals surface area contributed by atoms with Crippen LogP contribution in [0.5, 0.6) is 0 Å². The lowest BCUT2D eigenvalue weighted by molar-refractivity contribution is 0.00578. The van der Waals surface area contributed by atoms with E-state index in [9.17, 15) is 0 Å². The summed E-state index contributed by atoms with van der Waals surface area (Å²) in [5, 5.41) is 12.3. The third-order valence-corrected chi connectivity index (χ3v) is 20.8. The Bertz CT molecular complexity index is 5190. The summed E-state index contributed by atoms with van der Waals surface area (Å²) in [4.78, 5) is 10.8. The van der Waals surface area contributed by atoms with Crippen molar-refractivity contribution in [1.82, 2.24) is 19.1 Å². The summed E-state index contributed by atoms with van der Waals surface area (Å²) in [6.07, 6.45) is 0. The highest BCUT2D eigenvalue weighted by Gasteiger charge is 2.64. The smallest absolute Gasteiger partial charge is 0.405 e. The average Bonchev–Trinajstić information content (AvgIpc) is 1.60. The van der Waals surface area contributed by atoms with Crippen molar-refractivity contribution in [3.05, 3.63) is 236 Å². The molecule has 0 amide bonds. The van der Waals surface area contributed by atoms with E-state index in [0.29, 0.717) is 0 Å². The van der Waals surface area contributed by atoms with E-state index in [1.54, 1.807) is 0 Å². The van der Waals surface area contributed by atoms with E-state index >= 15 is 0 Å². The van der Waals surface area contributed by atoms with Crippen molar-refractivity contribution in [3.8, 4) is 33.9 Å². The number of pyridine rings is 2. The molecule has 3 saturated heterocycles. The number of benzene rings is 10. The molecule has 0 N–H and O–H groups in total. The van der Waals surface area contributed by atoms with Gasteiger partial charge in [0.25, 0.3) is 0 Å². The van der Waals surface area contributed by atoms with E-state index in [1.807, 2.05) is 73.6 Å². The zero-order valence-corrected chi connectivity index (χ0v) is 56.0. The van der Waals surface area contributed by atoms with Gasteiger partial charge in [0, 0.05) is 70.6 Å². The monoisotopic (exact) mass is 1250 g/mol. The highest BCUT2D eigenvalue weighted by molar-refractivity contribution is 7.11. The average molecular weight is 1260 g/mol. The molecule has 10 aromatic carbocycles. The molecule has 466 valence electrons. The van der Waals surface area contributed by atoms with Gasteiger partial charge in [0.15, 0.2) is 0 Å². The maximum Gasteiger partial charge on any atom is 0.494 e. The topological polar surface area (TPSA) is 91.0 Å². The predicted molar refractivity (Wildman–Crippen MR) is 391 cm³/mol. The van der Waals surface area contributed by atoms with Crippen molar-refractivity contribution in [1.29, 1.82) is 0 Å². The van der Waals surface area contributed by atoms with Crippen LogP contribution >= 0.6 is 11.6 Å². The Labute approximate surface area is 555 Å². The maximum absolute atomic E-state index is 6.45. The Morgan fingerprint density at radius 3 is 1.04 bits per heavy atom. The minimum atomic E-state index is -0.476. The zero-order chi connectivity index (χ0) is 65.3. The molecule has 17 rings (SSSR count). The maximum atomic E-state index is 6.45. The third-order valence-electron chi connectivity index (χ3n) is 20.6. The normalized spacial score (nSPS) is 17.6. The minimum Gasteiger partial charge on any atom is -0.405 e. The number of nitrogens with zero attached hydrogens (tertiary/aromatic N) is 4. The van der Waals surface area contributed by atoms with E-state index < -0.39 is 32.3 Å². The second-order valence-corrected chi connectivity index (χ2v) is 28.5. The number of para-hydroxylation sites is 2. The van der Waals surface area contributed by atoms with E-state index in [2.05, 4.69) is 249 Å². The van der Waals surface area contributed by atoms with Crippen LogP contribution in [0.4, 0.5) is 0 Å². The molecular formula is C80H74B3ClN4O6. The fourth-order valence-corrected chi connectivity index (χ4v) is 13.6. The largest absolute Gasteiger partial charge is 0.494 e. The molecule has 0 bridgehead atoms. The quantitative estimate of drug-likeness (QED) is 0.120. The van der Waals surface area contributed by atoms with Gasteiger partial charge in [0.1, 0.15) is 0 Å². The van der Waals surface area contributed by atoms with Gasteiger partial charge in [-0.15, -0.1) is 0 Å². The summed E-state index contributed by atoms with van der Waals surface area (Å²) >= 11 is 6.45. The van der Waals surface area contributed by atoms with Gasteiger partial charge < -0.3 is 37.1 Å². The molecule has 0 unspecified atom stereocenters. The molecule has 0 aliphatic carbocycles. The number of fused-ring (bicyclic) bond motifs is 14. The van der Waals surface area contributed by atoms with E-state index in [0.717, 1.165) is 121 Å². The number of aromatic nitrogens is 4. The van der Waals surface area contributed by atoms with Crippen molar-refractivity contribution in [2.75, 3.05) is 0 Å². The molecule has 0 saturated carbocycles. The minimum absolute atomic E-state index is 0.360. The highest BCUT2D eigenvalue weighted by atomic mass is 35.5. The molecule has 7 heterocycles. The first-order valence-corrected chi connectivity index (χ1v) is 32.9. The number of rotatable bonds is 6. The predicted octanol–water partition coefficient (Wildman–Crippen LogP) is 19.5. The van der Waals surface area contributed by atoms with Gasteiger partial charge in [-0.2, -0.15) is 0 Å². The first-order chi connectivity index (χ1) is 45.0. The lowest BCUT2D eigenvalue weighted by Gasteiger charge is -2.32. The van der Waals surface area contributed by atoms with Gasteiger partial charge in [0.2, 0.25) is 0 Å². The molecule has 4 aromatic heterocycles. The lowest BCUT2D eigenvalue weighted by atomic mass is 9.49. The van der Waals surface area contributed by atoms with Crippen LogP contribution in [0, 0.1) is 0 Å². The lowest BCUT2D eigenvalue weighted by Crippen LogP contribution is -2.41. The third kappa shape index (κ3) is 10.3. The molecule has 3 fully saturated rings. The molecular weight excluding hydrogens is 1180 g/mol. The number of hydrogen-bond acceptors (Lipinski definition) is 8. The van der Waals surface area contributed by atoms with Crippen molar-refractivity contribution in [2.45, 2.75) is 117 Å². The molecule has 0 atom stereocenters. The van der Waals surface area contributed by atoms with Crippen molar-refractivity contribution in [2.24, 2.45) is 0 Å². The first kappa shape index (κ1) is 61.6. The van der Waals surface area contributed by atoms with Crippen LogP contribution < -0.4 is 5.46 Å². The highest BCUT2D eigenvalue weighted by Crippen LogP contribution is 2.46. The Hall–Kier alpha value is -8.62. The van der Waals surface area contributed by atoms with Crippen molar-refractivity contribution >= 4 is 125 Å². The molecule has 0 spiro atoms. The molecule has 14 aromatic rings. The van der Waals surface area contributed by atoms with Crippen LogP contribution in [0.3, 0.4) is 0 Å². The molecule has 3 aliphatic rings. The van der Waals surface area contributed by atoms with Gasteiger partial charge >= 0.3 is 21.1 Å². The van der Waals surface area contributed by atoms with Crippen molar-refractivity contribution in [3.63, 3.8) is 0 Å². The fraction of sp³-hybridized carbons (Fsp3) is 0.225. The van der Waals surface area contributed by atoms with Gasteiger partial charge in [-0.05, 0) is 148 Å². The Morgan fingerprint density at radius 1 is 0.309 bits per heavy atom. The van der Waals surface area contributed by atoms with Gasteiger partial charge in [0.05, 0.1) is 78.1 Å².